The van der Waals surface area contributed by atoms with Crippen LogP contribution in [0.5, 0.6) is 0 Å². The first kappa shape index (κ1) is 17.6. The molecule has 0 aromatic carbocycles. The predicted octanol–water partition coefficient (Wildman–Crippen LogP) is 3.38. The van der Waals surface area contributed by atoms with E-state index in [1.54, 1.807) is 11.3 Å². The Morgan fingerprint density at radius 1 is 1.30 bits per heavy atom. The molecule has 0 unspecified atom stereocenters. The lowest BCUT2D eigenvalue weighted by Crippen LogP contribution is -2.40. The first-order chi connectivity index (χ1) is 9.52. The molecule has 1 aromatic heterocycles. The Kier molecular flexibility index (Phi) is 8.38. The second kappa shape index (κ2) is 9.50. The third-order valence-electron chi connectivity index (χ3n) is 3.39. The molecule has 1 N–H and O–H groups in total. The maximum Gasteiger partial charge on any atom is 0.0900 e. The Bertz CT molecular complexity index is 340. The Morgan fingerprint density at radius 3 is 2.60 bits per heavy atom. The van der Waals surface area contributed by atoms with Crippen LogP contribution in [0.2, 0.25) is 0 Å². The number of hydrogen-bond donors (Lipinski definition) is 1. The average Bonchev–Trinajstić information content (AvgIpc) is 2.89. The third kappa shape index (κ3) is 6.84. The predicted molar refractivity (Wildman–Crippen MR) is 86.1 cm³/mol. The van der Waals surface area contributed by atoms with Crippen LogP contribution in [0.3, 0.4) is 0 Å². The molecule has 0 radical (unpaired) electrons. The molecule has 3 nitrogen and oxygen atoms in total. The second-order valence-electron chi connectivity index (χ2n) is 5.90. The summed E-state index contributed by atoms with van der Waals surface area (Å²) in [5.74, 6) is 0.513. The van der Waals surface area contributed by atoms with E-state index in [4.69, 9.17) is 4.74 Å². The van der Waals surface area contributed by atoms with Crippen molar-refractivity contribution >= 4 is 11.3 Å². The number of aliphatic hydroxyl groups is 1. The third-order valence-corrected chi connectivity index (χ3v) is 4.12. The largest absolute Gasteiger partial charge is 0.389 e. The van der Waals surface area contributed by atoms with E-state index in [2.05, 4.69) is 49.4 Å². The van der Waals surface area contributed by atoms with Crippen LogP contribution in [0.1, 0.15) is 39.7 Å². The number of hydrogen-bond acceptors (Lipinski definition) is 4. The summed E-state index contributed by atoms with van der Waals surface area (Å²) in [5.41, 5.74) is 1.32. The zero-order valence-corrected chi connectivity index (χ0v) is 14.0. The van der Waals surface area contributed by atoms with Crippen molar-refractivity contribution in [3.63, 3.8) is 0 Å². The minimum absolute atomic E-state index is 0.415. The lowest BCUT2D eigenvalue weighted by Gasteiger charge is -2.30. The van der Waals surface area contributed by atoms with E-state index < -0.39 is 6.10 Å². The topological polar surface area (TPSA) is 32.7 Å². The summed E-state index contributed by atoms with van der Waals surface area (Å²) in [4.78, 5) is 2.34. The summed E-state index contributed by atoms with van der Waals surface area (Å²) in [6, 6.07) is 2.62. The van der Waals surface area contributed by atoms with Gasteiger partial charge in [-0.1, -0.05) is 20.8 Å². The Balaban J connectivity index is 2.43. The van der Waals surface area contributed by atoms with Crippen molar-refractivity contribution in [2.45, 2.75) is 52.8 Å². The molecule has 1 heterocycles. The molecular formula is C16H29NO2S. The molecule has 0 saturated carbocycles. The Labute approximate surface area is 127 Å². The zero-order valence-electron chi connectivity index (χ0n) is 13.2. The molecule has 1 rings (SSSR count). The molecule has 1 aromatic rings. The molecular weight excluding hydrogens is 270 g/mol. The van der Waals surface area contributed by atoms with Crippen molar-refractivity contribution in [3.05, 3.63) is 22.4 Å². The molecule has 0 spiro atoms. The van der Waals surface area contributed by atoms with E-state index in [0.717, 1.165) is 13.0 Å². The minimum Gasteiger partial charge on any atom is -0.389 e. The summed E-state index contributed by atoms with van der Waals surface area (Å²) in [7, 11) is 0. The van der Waals surface area contributed by atoms with Gasteiger partial charge in [-0.05, 0) is 41.7 Å². The zero-order chi connectivity index (χ0) is 15.0. The van der Waals surface area contributed by atoms with Crippen molar-refractivity contribution < 1.29 is 9.84 Å². The van der Waals surface area contributed by atoms with Gasteiger partial charge in [0.15, 0.2) is 0 Å². The molecule has 0 aliphatic heterocycles. The summed E-state index contributed by atoms with van der Waals surface area (Å²) in [6.07, 6.45) is 0.672. The number of rotatable bonds is 10. The lowest BCUT2D eigenvalue weighted by molar-refractivity contribution is 0.000145. The first-order valence-corrected chi connectivity index (χ1v) is 8.48. The fraction of sp³-hybridized carbons (Fsp3) is 0.750. The van der Waals surface area contributed by atoms with Crippen molar-refractivity contribution in [1.29, 1.82) is 0 Å². The van der Waals surface area contributed by atoms with Crippen molar-refractivity contribution in [2.24, 2.45) is 5.92 Å². The molecule has 20 heavy (non-hydrogen) atoms. The van der Waals surface area contributed by atoms with Crippen LogP contribution in [0.15, 0.2) is 16.8 Å². The SMILES string of the molecule is CC[C@H](C)N(Cc1ccsc1)C[C@@H](O)COCC(C)C. The fourth-order valence-corrected chi connectivity index (χ4v) is 2.70. The van der Waals surface area contributed by atoms with Gasteiger partial charge in [0, 0.05) is 25.7 Å². The highest BCUT2D eigenvalue weighted by molar-refractivity contribution is 7.07. The molecule has 116 valence electrons. The molecule has 0 fully saturated rings. The first-order valence-electron chi connectivity index (χ1n) is 7.53. The van der Waals surface area contributed by atoms with Crippen LogP contribution < -0.4 is 0 Å². The van der Waals surface area contributed by atoms with E-state index in [9.17, 15) is 5.11 Å². The van der Waals surface area contributed by atoms with Gasteiger partial charge in [0.05, 0.1) is 12.7 Å². The van der Waals surface area contributed by atoms with E-state index in [-0.39, 0.29) is 0 Å². The number of aliphatic hydroxyl groups excluding tert-OH is 1. The van der Waals surface area contributed by atoms with Crippen LogP contribution >= 0.6 is 11.3 Å². The standard InChI is InChI=1S/C16H29NO2S/c1-5-14(4)17(8-15-6-7-20-12-15)9-16(18)11-19-10-13(2)3/h6-7,12-14,16,18H,5,8-11H2,1-4H3/t14-,16+/m0/s1. The quantitative estimate of drug-likeness (QED) is 0.719. The second-order valence-corrected chi connectivity index (χ2v) is 6.68. The molecule has 0 aliphatic carbocycles. The average molecular weight is 299 g/mol. The van der Waals surface area contributed by atoms with Crippen LogP contribution in [0.4, 0.5) is 0 Å². The van der Waals surface area contributed by atoms with E-state index in [1.165, 1.54) is 5.56 Å². The van der Waals surface area contributed by atoms with Gasteiger partial charge in [0.1, 0.15) is 0 Å². The van der Waals surface area contributed by atoms with Crippen LogP contribution in [-0.2, 0) is 11.3 Å². The molecule has 0 amide bonds. The summed E-state index contributed by atoms with van der Waals surface area (Å²) in [6.45, 7) is 11.4. The smallest absolute Gasteiger partial charge is 0.0900 e. The number of thiophene rings is 1. The monoisotopic (exact) mass is 299 g/mol. The highest BCUT2D eigenvalue weighted by atomic mass is 32.1. The van der Waals surface area contributed by atoms with Crippen LogP contribution in [0.25, 0.3) is 0 Å². The number of nitrogens with zero attached hydrogens (tertiary/aromatic N) is 1. The van der Waals surface area contributed by atoms with E-state index in [1.807, 2.05) is 0 Å². The van der Waals surface area contributed by atoms with Gasteiger partial charge in [-0.2, -0.15) is 11.3 Å². The molecule has 0 bridgehead atoms. The summed E-state index contributed by atoms with van der Waals surface area (Å²) < 4.78 is 5.53. The fourth-order valence-electron chi connectivity index (χ4n) is 2.04. The number of ether oxygens (including phenoxy) is 1. The van der Waals surface area contributed by atoms with Gasteiger partial charge in [0.25, 0.3) is 0 Å². The van der Waals surface area contributed by atoms with E-state index in [0.29, 0.717) is 31.7 Å². The van der Waals surface area contributed by atoms with Crippen molar-refractivity contribution in [2.75, 3.05) is 19.8 Å². The van der Waals surface area contributed by atoms with Crippen molar-refractivity contribution in [3.8, 4) is 0 Å². The molecule has 4 heteroatoms. The van der Waals surface area contributed by atoms with Gasteiger partial charge in [-0.25, -0.2) is 0 Å². The van der Waals surface area contributed by atoms with Crippen LogP contribution in [-0.4, -0.2) is 41.9 Å². The molecule has 2 atom stereocenters. The molecule has 0 aliphatic rings. The van der Waals surface area contributed by atoms with Gasteiger partial charge < -0.3 is 9.84 Å². The summed E-state index contributed by atoms with van der Waals surface area (Å²) >= 11 is 1.72. The Morgan fingerprint density at radius 2 is 2.05 bits per heavy atom. The minimum atomic E-state index is -0.415. The summed E-state index contributed by atoms with van der Waals surface area (Å²) in [5, 5.41) is 14.4. The highest BCUT2D eigenvalue weighted by Crippen LogP contribution is 2.14. The maximum absolute atomic E-state index is 10.1. The van der Waals surface area contributed by atoms with Gasteiger partial charge in [-0.15, -0.1) is 0 Å². The van der Waals surface area contributed by atoms with Crippen molar-refractivity contribution in [1.82, 2.24) is 4.90 Å². The van der Waals surface area contributed by atoms with Gasteiger partial charge in [-0.3, -0.25) is 4.90 Å². The Hall–Kier alpha value is -0.420. The lowest BCUT2D eigenvalue weighted by atomic mass is 10.1. The van der Waals surface area contributed by atoms with E-state index >= 15 is 0 Å². The maximum atomic E-state index is 10.1. The molecule has 0 saturated heterocycles. The normalized spacial score (nSPS) is 14.9. The van der Waals surface area contributed by atoms with Crippen LogP contribution in [0, 0.1) is 5.92 Å². The van der Waals surface area contributed by atoms with Gasteiger partial charge in [0.2, 0.25) is 0 Å². The highest BCUT2D eigenvalue weighted by Gasteiger charge is 2.17. The van der Waals surface area contributed by atoms with Gasteiger partial charge >= 0.3 is 0 Å².